The number of benzene rings is 1. The molecule has 23 heavy (non-hydrogen) atoms. The number of rotatable bonds is 5. The summed E-state index contributed by atoms with van der Waals surface area (Å²) < 4.78 is 7.49. The average Bonchev–Trinajstić information content (AvgIpc) is 3.02. The first-order valence-electron chi connectivity index (χ1n) is 8.13. The van der Waals surface area contributed by atoms with Crippen LogP contribution in [-0.2, 0) is 18.4 Å². The Bertz CT molecular complexity index is 631. The molecule has 0 unspecified atom stereocenters. The number of nitrogens with zero attached hydrogens (tertiary/aromatic N) is 3. The number of piperidine rings is 1. The Morgan fingerprint density at radius 3 is 2.61 bits per heavy atom. The molecule has 122 valence electrons. The second-order valence-corrected chi connectivity index (χ2v) is 6.11. The van der Waals surface area contributed by atoms with Gasteiger partial charge in [0.15, 0.2) is 0 Å². The molecule has 5 nitrogen and oxygen atoms in total. The average molecular weight is 313 g/mol. The highest BCUT2D eigenvalue weighted by atomic mass is 16.5. The van der Waals surface area contributed by atoms with Crippen LogP contribution in [0, 0.1) is 5.92 Å². The molecule has 0 saturated carbocycles. The summed E-state index contributed by atoms with van der Waals surface area (Å²) in [6.07, 6.45) is 3.79. The van der Waals surface area contributed by atoms with Gasteiger partial charge >= 0.3 is 0 Å². The minimum absolute atomic E-state index is 0.0363. The molecule has 2 heterocycles. The van der Waals surface area contributed by atoms with Crippen LogP contribution in [0.15, 0.2) is 42.6 Å². The lowest BCUT2D eigenvalue weighted by Gasteiger charge is -2.31. The van der Waals surface area contributed by atoms with Crippen molar-refractivity contribution in [2.24, 2.45) is 13.0 Å². The zero-order valence-corrected chi connectivity index (χ0v) is 13.5. The third kappa shape index (κ3) is 4.20. The first-order chi connectivity index (χ1) is 11.2. The van der Waals surface area contributed by atoms with Gasteiger partial charge in [-0.05, 0) is 30.4 Å². The van der Waals surface area contributed by atoms with Crippen molar-refractivity contribution in [1.29, 1.82) is 0 Å². The molecule has 0 radical (unpaired) electrons. The number of hydrogen-bond donors (Lipinski definition) is 0. The van der Waals surface area contributed by atoms with Gasteiger partial charge in [0.25, 0.3) is 5.91 Å². The smallest absolute Gasteiger partial charge is 0.274 e. The summed E-state index contributed by atoms with van der Waals surface area (Å²) >= 11 is 0. The molecule has 0 aliphatic carbocycles. The summed E-state index contributed by atoms with van der Waals surface area (Å²) in [5.41, 5.74) is 1.74. The number of aromatic nitrogens is 2. The van der Waals surface area contributed by atoms with Crippen molar-refractivity contribution in [1.82, 2.24) is 14.7 Å². The van der Waals surface area contributed by atoms with E-state index in [1.165, 1.54) is 5.56 Å². The molecule has 1 aromatic carbocycles. The number of amides is 1. The summed E-state index contributed by atoms with van der Waals surface area (Å²) in [6.45, 7) is 3.00. The van der Waals surface area contributed by atoms with Crippen LogP contribution in [0.25, 0.3) is 0 Å². The van der Waals surface area contributed by atoms with Crippen LogP contribution in [0.3, 0.4) is 0 Å². The fraction of sp³-hybridized carbons (Fsp3) is 0.444. The highest BCUT2D eigenvalue weighted by molar-refractivity contribution is 5.92. The molecule has 1 aliphatic rings. The molecule has 0 N–H and O–H groups in total. The van der Waals surface area contributed by atoms with Crippen LogP contribution < -0.4 is 0 Å². The predicted octanol–water partition coefficient (Wildman–Crippen LogP) is 2.49. The van der Waals surface area contributed by atoms with E-state index in [2.05, 4.69) is 17.2 Å². The van der Waals surface area contributed by atoms with E-state index in [-0.39, 0.29) is 5.91 Å². The van der Waals surface area contributed by atoms with Crippen molar-refractivity contribution in [3.63, 3.8) is 0 Å². The minimum Gasteiger partial charge on any atom is -0.376 e. The van der Waals surface area contributed by atoms with Gasteiger partial charge in [-0.2, -0.15) is 5.10 Å². The number of aryl methyl sites for hydroxylation is 1. The molecule has 1 aliphatic heterocycles. The van der Waals surface area contributed by atoms with Crippen LogP contribution in [0.4, 0.5) is 0 Å². The van der Waals surface area contributed by atoms with E-state index in [1.54, 1.807) is 16.9 Å². The minimum atomic E-state index is 0.0363. The number of likely N-dealkylation sites (tertiary alicyclic amines) is 1. The van der Waals surface area contributed by atoms with Crippen molar-refractivity contribution in [2.45, 2.75) is 19.4 Å². The maximum atomic E-state index is 12.3. The molecular formula is C18H23N3O2. The lowest BCUT2D eigenvalue weighted by Crippen LogP contribution is -2.39. The number of carbonyl (C=O) groups excluding carboxylic acids is 1. The molecule has 0 spiro atoms. The fourth-order valence-electron chi connectivity index (χ4n) is 2.91. The van der Waals surface area contributed by atoms with Crippen molar-refractivity contribution in [3.05, 3.63) is 53.9 Å². The van der Waals surface area contributed by atoms with Gasteiger partial charge in [-0.25, -0.2) is 0 Å². The molecule has 1 saturated heterocycles. The molecule has 5 heteroatoms. The summed E-state index contributed by atoms with van der Waals surface area (Å²) in [5.74, 6) is 0.570. The van der Waals surface area contributed by atoms with Crippen LogP contribution in [0.1, 0.15) is 28.9 Å². The van der Waals surface area contributed by atoms with Gasteiger partial charge in [-0.15, -0.1) is 0 Å². The van der Waals surface area contributed by atoms with E-state index in [0.717, 1.165) is 32.5 Å². The van der Waals surface area contributed by atoms with E-state index in [9.17, 15) is 4.79 Å². The van der Waals surface area contributed by atoms with Crippen molar-refractivity contribution < 1.29 is 9.53 Å². The molecular weight excluding hydrogens is 290 g/mol. The second-order valence-electron chi connectivity index (χ2n) is 6.11. The molecule has 0 bridgehead atoms. The largest absolute Gasteiger partial charge is 0.376 e. The molecule has 2 aromatic rings. The predicted molar refractivity (Wildman–Crippen MR) is 87.9 cm³/mol. The third-order valence-electron chi connectivity index (χ3n) is 4.30. The normalized spacial score (nSPS) is 15.8. The Balaban J connectivity index is 1.41. The maximum absolute atomic E-state index is 12.3. The highest BCUT2D eigenvalue weighted by Crippen LogP contribution is 2.19. The maximum Gasteiger partial charge on any atom is 0.274 e. The Labute approximate surface area is 136 Å². The summed E-state index contributed by atoms with van der Waals surface area (Å²) in [4.78, 5) is 14.2. The fourth-order valence-corrected chi connectivity index (χ4v) is 2.91. The van der Waals surface area contributed by atoms with Crippen LogP contribution in [-0.4, -0.2) is 40.3 Å². The number of hydrogen-bond acceptors (Lipinski definition) is 3. The van der Waals surface area contributed by atoms with E-state index in [0.29, 0.717) is 18.2 Å². The molecule has 1 fully saturated rings. The topological polar surface area (TPSA) is 47.4 Å². The molecule has 1 aromatic heterocycles. The number of ether oxygens (including phenoxy) is 1. The monoisotopic (exact) mass is 313 g/mol. The lowest BCUT2D eigenvalue weighted by atomic mass is 9.97. The van der Waals surface area contributed by atoms with Gasteiger partial charge in [-0.3, -0.25) is 9.48 Å². The lowest BCUT2D eigenvalue weighted by molar-refractivity contribution is 0.0475. The van der Waals surface area contributed by atoms with Crippen molar-refractivity contribution in [3.8, 4) is 0 Å². The van der Waals surface area contributed by atoms with Gasteiger partial charge in [-0.1, -0.05) is 30.3 Å². The van der Waals surface area contributed by atoms with Gasteiger partial charge in [0, 0.05) is 32.9 Å². The van der Waals surface area contributed by atoms with Gasteiger partial charge < -0.3 is 9.64 Å². The standard InChI is InChI=1S/C18H23N3O2/c1-20-10-9-17(19-20)18(22)21-11-7-16(8-12-21)14-23-13-15-5-3-2-4-6-15/h2-6,9-10,16H,7-8,11-14H2,1H3. The zero-order chi connectivity index (χ0) is 16.1. The van der Waals surface area contributed by atoms with Crippen molar-refractivity contribution in [2.75, 3.05) is 19.7 Å². The first kappa shape index (κ1) is 15.7. The first-order valence-corrected chi connectivity index (χ1v) is 8.13. The Hall–Kier alpha value is -2.14. The molecule has 1 amide bonds. The SMILES string of the molecule is Cn1ccc(C(=O)N2CCC(COCc3ccccc3)CC2)n1. The van der Waals surface area contributed by atoms with E-state index < -0.39 is 0 Å². The van der Waals surface area contributed by atoms with E-state index in [4.69, 9.17) is 4.74 Å². The Kier molecular flexibility index (Phi) is 5.08. The molecule has 0 atom stereocenters. The van der Waals surface area contributed by atoms with Crippen LogP contribution in [0.5, 0.6) is 0 Å². The zero-order valence-electron chi connectivity index (χ0n) is 13.5. The van der Waals surface area contributed by atoms with E-state index >= 15 is 0 Å². The van der Waals surface area contributed by atoms with Crippen LogP contribution >= 0.6 is 0 Å². The highest BCUT2D eigenvalue weighted by Gasteiger charge is 2.24. The van der Waals surface area contributed by atoms with Gasteiger partial charge in [0.1, 0.15) is 5.69 Å². The second kappa shape index (κ2) is 7.42. The van der Waals surface area contributed by atoms with Gasteiger partial charge in [0.2, 0.25) is 0 Å². The van der Waals surface area contributed by atoms with Gasteiger partial charge in [0.05, 0.1) is 6.61 Å². The summed E-state index contributed by atoms with van der Waals surface area (Å²) in [6, 6.07) is 12.0. The summed E-state index contributed by atoms with van der Waals surface area (Å²) in [5, 5.41) is 4.19. The number of carbonyl (C=O) groups is 1. The van der Waals surface area contributed by atoms with E-state index in [1.807, 2.05) is 30.1 Å². The third-order valence-corrected chi connectivity index (χ3v) is 4.30. The molecule has 3 rings (SSSR count). The van der Waals surface area contributed by atoms with Crippen LogP contribution in [0.2, 0.25) is 0 Å². The Morgan fingerprint density at radius 1 is 1.22 bits per heavy atom. The Morgan fingerprint density at radius 2 is 1.96 bits per heavy atom. The van der Waals surface area contributed by atoms with Crippen molar-refractivity contribution >= 4 is 5.91 Å². The quantitative estimate of drug-likeness (QED) is 0.852. The summed E-state index contributed by atoms with van der Waals surface area (Å²) in [7, 11) is 1.83.